The van der Waals surface area contributed by atoms with Crippen LogP contribution in [0.1, 0.15) is 0 Å². The average molecular weight is 233 g/mol. The molecule has 0 aliphatic carbocycles. The van der Waals surface area contributed by atoms with Gasteiger partial charge >= 0.3 is 0 Å². The molecule has 0 saturated heterocycles. The van der Waals surface area contributed by atoms with Crippen LogP contribution in [0.2, 0.25) is 0 Å². The molecule has 0 bridgehead atoms. The van der Waals surface area contributed by atoms with Crippen molar-refractivity contribution < 1.29 is 0 Å². The standard InChI is InChI=1S/C15H11N3/c1-2-4-14-13(3-1)17-15(18-14)11-5-6-12-10(9-11)7-8-16-12/h1-9,16H,(H,17,18). The molecule has 2 aromatic heterocycles. The molecule has 0 aliphatic rings. The van der Waals surface area contributed by atoms with E-state index < -0.39 is 0 Å². The minimum absolute atomic E-state index is 0.916. The zero-order valence-corrected chi connectivity index (χ0v) is 9.64. The number of aromatic nitrogens is 3. The van der Waals surface area contributed by atoms with Gasteiger partial charge < -0.3 is 9.97 Å². The van der Waals surface area contributed by atoms with E-state index in [9.17, 15) is 0 Å². The highest BCUT2D eigenvalue weighted by atomic mass is 14.9. The highest BCUT2D eigenvalue weighted by molar-refractivity contribution is 5.86. The Morgan fingerprint density at radius 2 is 1.83 bits per heavy atom. The fourth-order valence-corrected chi connectivity index (χ4v) is 2.29. The summed E-state index contributed by atoms with van der Waals surface area (Å²) in [5.74, 6) is 0.916. The first-order chi connectivity index (χ1) is 8.90. The zero-order valence-electron chi connectivity index (χ0n) is 9.64. The molecule has 3 nitrogen and oxygen atoms in total. The van der Waals surface area contributed by atoms with Gasteiger partial charge in [-0.3, -0.25) is 0 Å². The third-order valence-electron chi connectivity index (χ3n) is 3.22. The number of rotatable bonds is 1. The van der Waals surface area contributed by atoms with E-state index in [0.29, 0.717) is 0 Å². The monoisotopic (exact) mass is 233 g/mol. The van der Waals surface area contributed by atoms with Crippen LogP contribution in [-0.2, 0) is 0 Å². The fraction of sp³-hybridized carbons (Fsp3) is 0. The molecule has 0 aliphatic heterocycles. The molecule has 0 saturated carbocycles. The Kier molecular flexibility index (Phi) is 1.83. The second kappa shape index (κ2) is 3.47. The second-order valence-corrected chi connectivity index (χ2v) is 4.38. The lowest BCUT2D eigenvalue weighted by Crippen LogP contribution is -1.79. The van der Waals surface area contributed by atoms with Crippen LogP contribution in [0.25, 0.3) is 33.3 Å². The van der Waals surface area contributed by atoms with E-state index in [1.807, 2.05) is 30.5 Å². The quantitative estimate of drug-likeness (QED) is 0.517. The maximum absolute atomic E-state index is 4.61. The van der Waals surface area contributed by atoms with Crippen molar-refractivity contribution in [3.63, 3.8) is 0 Å². The predicted octanol–water partition coefficient (Wildman–Crippen LogP) is 3.71. The minimum Gasteiger partial charge on any atom is -0.361 e. The molecular weight excluding hydrogens is 222 g/mol. The van der Waals surface area contributed by atoms with Gasteiger partial charge in [0.25, 0.3) is 0 Å². The Labute approximate surface area is 103 Å². The van der Waals surface area contributed by atoms with Crippen LogP contribution in [0, 0.1) is 0 Å². The molecular formula is C15H11N3. The van der Waals surface area contributed by atoms with Gasteiger partial charge in [-0.1, -0.05) is 12.1 Å². The van der Waals surface area contributed by atoms with Crippen molar-refractivity contribution in [1.29, 1.82) is 0 Å². The van der Waals surface area contributed by atoms with Crippen molar-refractivity contribution in [2.75, 3.05) is 0 Å². The van der Waals surface area contributed by atoms with Gasteiger partial charge in [-0.15, -0.1) is 0 Å². The van der Waals surface area contributed by atoms with Crippen LogP contribution in [0.5, 0.6) is 0 Å². The molecule has 0 fully saturated rings. The van der Waals surface area contributed by atoms with Gasteiger partial charge in [-0.25, -0.2) is 4.98 Å². The lowest BCUT2D eigenvalue weighted by Gasteiger charge is -1.96. The number of H-pyrrole nitrogens is 2. The highest BCUT2D eigenvalue weighted by Crippen LogP contribution is 2.23. The Morgan fingerprint density at radius 1 is 0.889 bits per heavy atom. The molecule has 0 spiro atoms. The van der Waals surface area contributed by atoms with Gasteiger partial charge in [0.1, 0.15) is 5.82 Å². The molecule has 2 N–H and O–H groups in total. The summed E-state index contributed by atoms with van der Waals surface area (Å²) in [6.45, 7) is 0. The smallest absolute Gasteiger partial charge is 0.138 e. The molecule has 0 radical (unpaired) electrons. The van der Waals surface area contributed by atoms with Crippen LogP contribution in [-0.4, -0.2) is 15.0 Å². The largest absolute Gasteiger partial charge is 0.361 e. The minimum atomic E-state index is 0.916. The average Bonchev–Trinajstić information content (AvgIpc) is 3.04. The van der Waals surface area contributed by atoms with Gasteiger partial charge in [0.05, 0.1) is 11.0 Å². The summed E-state index contributed by atoms with van der Waals surface area (Å²) in [5, 5.41) is 1.20. The molecule has 4 rings (SSSR count). The van der Waals surface area contributed by atoms with E-state index in [2.05, 4.69) is 39.2 Å². The van der Waals surface area contributed by atoms with Crippen molar-refractivity contribution in [2.24, 2.45) is 0 Å². The third kappa shape index (κ3) is 1.34. The molecule has 2 aromatic carbocycles. The van der Waals surface area contributed by atoms with Crippen LogP contribution in [0.3, 0.4) is 0 Å². The van der Waals surface area contributed by atoms with Crippen molar-refractivity contribution in [1.82, 2.24) is 15.0 Å². The number of benzene rings is 2. The van der Waals surface area contributed by atoms with E-state index >= 15 is 0 Å². The van der Waals surface area contributed by atoms with Crippen LogP contribution in [0.4, 0.5) is 0 Å². The van der Waals surface area contributed by atoms with E-state index in [1.54, 1.807) is 0 Å². The van der Waals surface area contributed by atoms with Crippen molar-refractivity contribution >= 4 is 21.9 Å². The SMILES string of the molecule is c1ccc2[nH]c(-c3ccc4[nH]ccc4c3)nc2c1. The zero-order chi connectivity index (χ0) is 11.9. The van der Waals surface area contributed by atoms with Crippen LogP contribution in [0.15, 0.2) is 54.7 Å². The van der Waals surface area contributed by atoms with Crippen molar-refractivity contribution in [2.45, 2.75) is 0 Å². The number of para-hydroxylation sites is 2. The van der Waals surface area contributed by atoms with Gasteiger partial charge in [0.15, 0.2) is 0 Å². The first kappa shape index (κ1) is 9.48. The van der Waals surface area contributed by atoms with Crippen LogP contribution < -0.4 is 0 Å². The Balaban J connectivity index is 1.94. The number of fused-ring (bicyclic) bond motifs is 2. The molecule has 0 unspecified atom stereocenters. The van der Waals surface area contributed by atoms with Gasteiger partial charge in [0.2, 0.25) is 0 Å². The summed E-state index contributed by atoms with van der Waals surface area (Å²) in [6, 6.07) is 16.5. The maximum Gasteiger partial charge on any atom is 0.138 e. The van der Waals surface area contributed by atoms with Crippen molar-refractivity contribution in [3.05, 3.63) is 54.7 Å². The third-order valence-corrected chi connectivity index (χ3v) is 3.22. The fourth-order valence-electron chi connectivity index (χ4n) is 2.29. The molecule has 4 aromatic rings. The first-order valence-electron chi connectivity index (χ1n) is 5.92. The highest BCUT2D eigenvalue weighted by Gasteiger charge is 2.05. The maximum atomic E-state index is 4.61. The lowest BCUT2D eigenvalue weighted by atomic mass is 10.1. The molecule has 0 atom stereocenters. The predicted molar refractivity (Wildman–Crippen MR) is 73.4 cm³/mol. The summed E-state index contributed by atoms with van der Waals surface area (Å²) < 4.78 is 0. The summed E-state index contributed by atoms with van der Waals surface area (Å²) in [7, 11) is 0. The van der Waals surface area contributed by atoms with Crippen molar-refractivity contribution in [3.8, 4) is 11.4 Å². The molecule has 2 heterocycles. The molecule has 0 amide bonds. The summed E-state index contributed by atoms with van der Waals surface area (Å²) in [6.07, 6.45) is 1.95. The van der Waals surface area contributed by atoms with Gasteiger partial charge in [0, 0.05) is 22.7 Å². The normalized spacial score (nSPS) is 11.3. The van der Waals surface area contributed by atoms with E-state index in [4.69, 9.17) is 0 Å². The topological polar surface area (TPSA) is 44.5 Å². The van der Waals surface area contributed by atoms with Crippen LogP contribution >= 0.6 is 0 Å². The number of hydrogen-bond donors (Lipinski definition) is 2. The second-order valence-electron chi connectivity index (χ2n) is 4.38. The Bertz CT molecular complexity index is 806. The number of nitrogens with one attached hydrogen (secondary N) is 2. The van der Waals surface area contributed by atoms with E-state index in [0.717, 1.165) is 27.9 Å². The lowest BCUT2D eigenvalue weighted by molar-refractivity contribution is 1.34. The summed E-state index contributed by atoms with van der Waals surface area (Å²) >= 11 is 0. The molecule has 3 heteroatoms. The number of aromatic amines is 2. The number of imidazole rings is 1. The summed E-state index contributed by atoms with van der Waals surface area (Å²) in [5.41, 5.74) is 4.33. The summed E-state index contributed by atoms with van der Waals surface area (Å²) in [4.78, 5) is 11.2. The molecule has 18 heavy (non-hydrogen) atoms. The van der Waals surface area contributed by atoms with E-state index in [-0.39, 0.29) is 0 Å². The number of hydrogen-bond acceptors (Lipinski definition) is 1. The van der Waals surface area contributed by atoms with Gasteiger partial charge in [-0.2, -0.15) is 0 Å². The first-order valence-corrected chi connectivity index (χ1v) is 5.92. The number of nitrogens with zero attached hydrogens (tertiary/aromatic N) is 1. The Hall–Kier alpha value is -2.55. The van der Waals surface area contributed by atoms with E-state index in [1.165, 1.54) is 5.39 Å². The molecule has 86 valence electrons. The van der Waals surface area contributed by atoms with Gasteiger partial charge in [-0.05, 0) is 36.4 Å². The Morgan fingerprint density at radius 3 is 2.78 bits per heavy atom.